The molecule has 17 heavy (non-hydrogen) atoms. The lowest BCUT2D eigenvalue weighted by molar-refractivity contribution is 0.799. The fraction of sp³-hybridized carbons (Fsp3) is 0.200. The van der Waals surface area contributed by atoms with Gasteiger partial charge in [-0.2, -0.15) is 0 Å². The van der Waals surface area contributed by atoms with Crippen molar-refractivity contribution in [3.05, 3.63) is 49.3 Å². The van der Waals surface area contributed by atoms with Gasteiger partial charge in [0.25, 0.3) is 0 Å². The largest absolute Gasteiger partial charge is 0.316 e. The van der Waals surface area contributed by atoms with Crippen molar-refractivity contribution in [2.75, 3.05) is 0 Å². The Morgan fingerprint density at radius 3 is 2.29 bits per heavy atom. The fourth-order valence-corrected chi connectivity index (χ4v) is 1.68. The Labute approximate surface area is 95.2 Å². The van der Waals surface area contributed by atoms with E-state index in [9.17, 15) is 9.59 Å². The Balaban J connectivity index is 3.02. The molecule has 0 atom stereocenters. The van der Waals surface area contributed by atoms with Gasteiger partial charge in [-0.1, -0.05) is 11.2 Å². The Kier molecular flexibility index (Phi) is 2.45. The summed E-state index contributed by atoms with van der Waals surface area (Å²) in [7, 11) is 3.03. The molecule has 0 N–H and O–H groups in total. The zero-order valence-electron chi connectivity index (χ0n) is 9.28. The van der Waals surface area contributed by atoms with Crippen LogP contribution in [0, 0.1) is 0 Å². The number of azide groups is 1. The summed E-state index contributed by atoms with van der Waals surface area (Å²) in [6.07, 6.45) is 0. The van der Waals surface area contributed by atoms with Crippen molar-refractivity contribution in [1.82, 2.24) is 9.13 Å². The Morgan fingerprint density at radius 2 is 1.71 bits per heavy atom. The van der Waals surface area contributed by atoms with Crippen molar-refractivity contribution in [3.8, 4) is 0 Å². The predicted octanol–water partition coefficient (Wildman–Crippen LogP) is 1.18. The summed E-state index contributed by atoms with van der Waals surface area (Å²) in [5, 5.41) is 3.46. The van der Waals surface area contributed by atoms with Crippen LogP contribution in [-0.2, 0) is 14.1 Å². The van der Waals surface area contributed by atoms with Crippen LogP contribution < -0.4 is 11.1 Å². The highest BCUT2D eigenvalue weighted by Gasteiger charge is 2.07. The number of rotatable bonds is 1. The van der Waals surface area contributed by atoms with Crippen LogP contribution in [0.15, 0.2) is 32.9 Å². The number of aryl methyl sites for hydroxylation is 2. The zero-order valence-corrected chi connectivity index (χ0v) is 9.28. The van der Waals surface area contributed by atoms with Crippen LogP contribution in [0.2, 0.25) is 0 Å². The molecule has 2 rings (SSSR count). The minimum Gasteiger partial charge on any atom is -0.305 e. The number of aromatic nitrogens is 2. The third-order valence-electron chi connectivity index (χ3n) is 2.63. The lowest BCUT2D eigenvalue weighted by Crippen LogP contribution is -2.39. The van der Waals surface area contributed by atoms with Crippen LogP contribution in [0.3, 0.4) is 0 Å². The van der Waals surface area contributed by atoms with Gasteiger partial charge in [0.2, 0.25) is 0 Å². The first-order valence-electron chi connectivity index (χ1n) is 4.81. The van der Waals surface area contributed by atoms with E-state index in [0.29, 0.717) is 16.7 Å². The molecule has 0 bridgehead atoms. The molecule has 0 unspecified atom stereocenters. The van der Waals surface area contributed by atoms with Gasteiger partial charge in [0, 0.05) is 24.7 Å². The Morgan fingerprint density at radius 1 is 1.12 bits per heavy atom. The van der Waals surface area contributed by atoms with E-state index in [2.05, 4.69) is 10.0 Å². The molecule has 7 heteroatoms. The summed E-state index contributed by atoms with van der Waals surface area (Å²) < 4.78 is 2.52. The van der Waals surface area contributed by atoms with Crippen LogP contribution in [0.4, 0.5) is 5.69 Å². The molecule has 1 aromatic carbocycles. The standard InChI is InChI=1S/C10H9N5O2/c1-14-7-4-3-6(12-13-11)5-8(7)15(2)10(17)9(14)16/h3-5H,1-2H3. The third kappa shape index (κ3) is 1.58. The van der Waals surface area contributed by atoms with Gasteiger partial charge in [0.05, 0.1) is 11.0 Å². The molecule has 0 radical (unpaired) electrons. The molecule has 0 aliphatic heterocycles. The van der Waals surface area contributed by atoms with Gasteiger partial charge < -0.3 is 9.13 Å². The van der Waals surface area contributed by atoms with E-state index < -0.39 is 11.1 Å². The molecule has 1 heterocycles. The van der Waals surface area contributed by atoms with Gasteiger partial charge in [-0.3, -0.25) is 9.59 Å². The highest BCUT2D eigenvalue weighted by Crippen LogP contribution is 2.18. The molecule has 0 fully saturated rings. The molecule has 86 valence electrons. The molecule has 0 saturated heterocycles. The second-order valence-corrected chi connectivity index (χ2v) is 3.59. The highest BCUT2D eigenvalue weighted by molar-refractivity contribution is 5.78. The van der Waals surface area contributed by atoms with E-state index in [1.54, 1.807) is 18.2 Å². The number of nitrogens with zero attached hydrogens (tertiary/aromatic N) is 5. The summed E-state index contributed by atoms with van der Waals surface area (Å²) in [6, 6.07) is 4.79. The minimum atomic E-state index is -0.613. The molecular formula is C10H9N5O2. The van der Waals surface area contributed by atoms with Gasteiger partial charge in [-0.15, -0.1) is 0 Å². The summed E-state index contributed by atoms with van der Waals surface area (Å²) in [5.74, 6) is 0. The molecule has 0 spiro atoms. The van der Waals surface area contributed by atoms with Gasteiger partial charge in [-0.05, 0) is 17.7 Å². The van der Waals surface area contributed by atoms with Crippen LogP contribution in [-0.4, -0.2) is 9.13 Å². The Bertz CT molecular complexity index is 765. The molecule has 0 saturated carbocycles. The molecule has 1 aromatic heterocycles. The van der Waals surface area contributed by atoms with Gasteiger partial charge in [-0.25, -0.2) is 0 Å². The number of hydrogen-bond acceptors (Lipinski definition) is 3. The predicted molar refractivity (Wildman–Crippen MR) is 63.2 cm³/mol. The zero-order chi connectivity index (χ0) is 12.6. The minimum absolute atomic E-state index is 0.397. The summed E-state index contributed by atoms with van der Waals surface area (Å²) >= 11 is 0. The second kappa shape index (κ2) is 3.80. The van der Waals surface area contributed by atoms with Crippen LogP contribution in [0.5, 0.6) is 0 Å². The molecule has 0 amide bonds. The van der Waals surface area contributed by atoms with Gasteiger partial charge in [0.1, 0.15) is 0 Å². The van der Waals surface area contributed by atoms with Gasteiger partial charge in [0.15, 0.2) is 0 Å². The monoisotopic (exact) mass is 231 g/mol. The first kappa shape index (κ1) is 11.0. The second-order valence-electron chi connectivity index (χ2n) is 3.59. The van der Waals surface area contributed by atoms with E-state index in [4.69, 9.17) is 5.53 Å². The third-order valence-corrected chi connectivity index (χ3v) is 2.63. The normalized spacial score (nSPS) is 10.2. The van der Waals surface area contributed by atoms with Gasteiger partial charge >= 0.3 is 11.1 Å². The maximum atomic E-state index is 11.6. The molecule has 0 aliphatic rings. The molecule has 2 aromatic rings. The summed E-state index contributed by atoms with van der Waals surface area (Å²) in [6.45, 7) is 0. The first-order valence-corrected chi connectivity index (χ1v) is 4.81. The summed E-state index contributed by atoms with van der Waals surface area (Å²) in [5.41, 5.74) is 8.70. The van der Waals surface area contributed by atoms with E-state index in [1.165, 1.54) is 23.2 Å². The highest BCUT2D eigenvalue weighted by atomic mass is 16.2. The van der Waals surface area contributed by atoms with Crippen LogP contribution in [0.25, 0.3) is 21.5 Å². The van der Waals surface area contributed by atoms with Crippen molar-refractivity contribution in [1.29, 1.82) is 0 Å². The SMILES string of the molecule is Cn1c(=O)c(=O)n(C)c2cc(N=[N+]=[N-])ccc21. The van der Waals surface area contributed by atoms with E-state index in [0.717, 1.165) is 0 Å². The van der Waals surface area contributed by atoms with Crippen molar-refractivity contribution >= 4 is 16.7 Å². The van der Waals surface area contributed by atoms with Crippen LogP contribution in [0.1, 0.15) is 0 Å². The average Bonchev–Trinajstić information content (AvgIpc) is 2.34. The van der Waals surface area contributed by atoms with Crippen LogP contribution >= 0.6 is 0 Å². The summed E-state index contributed by atoms with van der Waals surface area (Å²) in [4.78, 5) is 25.8. The van der Waals surface area contributed by atoms with Crippen molar-refractivity contribution in [2.45, 2.75) is 0 Å². The topological polar surface area (TPSA) is 92.8 Å². The number of benzene rings is 1. The van der Waals surface area contributed by atoms with Crippen molar-refractivity contribution < 1.29 is 0 Å². The average molecular weight is 231 g/mol. The fourth-order valence-electron chi connectivity index (χ4n) is 1.68. The van der Waals surface area contributed by atoms with Crippen molar-refractivity contribution in [2.24, 2.45) is 19.2 Å². The molecule has 7 nitrogen and oxygen atoms in total. The number of hydrogen-bond donors (Lipinski definition) is 0. The van der Waals surface area contributed by atoms with Crippen molar-refractivity contribution in [3.63, 3.8) is 0 Å². The lowest BCUT2D eigenvalue weighted by Gasteiger charge is -2.08. The smallest absolute Gasteiger partial charge is 0.305 e. The van der Waals surface area contributed by atoms with E-state index in [-0.39, 0.29) is 0 Å². The number of fused-ring (bicyclic) bond motifs is 1. The quantitative estimate of drug-likeness (QED) is 0.319. The molecular weight excluding hydrogens is 222 g/mol. The first-order chi connectivity index (χ1) is 8.06. The van der Waals surface area contributed by atoms with E-state index >= 15 is 0 Å². The molecule has 0 aliphatic carbocycles. The van der Waals surface area contributed by atoms with E-state index in [1.807, 2.05) is 0 Å². The maximum absolute atomic E-state index is 11.6. The lowest BCUT2D eigenvalue weighted by atomic mass is 10.2. The Hall–Kier alpha value is -2.53. The maximum Gasteiger partial charge on any atom is 0.316 e.